The fourth-order valence-electron chi connectivity index (χ4n) is 4.73. The average molecular weight is 614 g/mol. The fourth-order valence-corrected chi connectivity index (χ4v) is 6.27. The van der Waals surface area contributed by atoms with Crippen LogP contribution >= 0.6 is 0 Å². The maximum atomic E-state index is 13.8. The lowest BCUT2D eigenvalue weighted by Gasteiger charge is -2.36. The Kier molecular flexibility index (Phi) is 8.86. The van der Waals surface area contributed by atoms with E-state index in [0.29, 0.717) is 31.3 Å². The minimum Gasteiger partial charge on any atom is -0.486 e. The van der Waals surface area contributed by atoms with Gasteiger partial charge in [0.05, 0.1) is 29.8 Å². The largest absolute Gasteiger partial charge is 0.486 e. The average Bonchev–Trinajstić information content (AvgIpc) is 3.38. The van der Waals surface area contributed by atoms with E-state index >= 15 is 0 Å². The predicted molar refractivity (Wildman–Crippen MR) is 148 cm³/mol. The molecule has 1 N–H and O–H groups in total. The Morgan fingerprint density at radius 3 is 2.50 bits per heavy atom. The SMILES string of the molecule is COC(=O)CC[C@H]1CN(S(=O)(=O)c2cccc(C(F)(F)F)c2)c2cc(NC3CCN(C(=O)OC(C)(C)C)C3)ccc2O1. The first-order chi connectivity index (χ1) is 19.6. The monoisotopic (exact) mass is 613 g/mol. The lowest BCUT2D eigenvalue weighted by molar-refractivity contribution is -0.141. The van der Waals surface area contributed by atoms with Gasteiger partial charge in [0, 0.05) is 31.2 Å². The maximum absolute atomic E-state index is 13.8. The Morgan fingerprint density at radius 2 is 1.83 bits per heavy atom. The Labute approximate surface area is 242 Å². The first-order valence-electron chi connectivity index (χ1n) is 13.4. The number of benzene rings is 2. The standard InChI is InChI=1S/C28H34F3N3O7S/c1-27(2,3)41-26(36)33-13-12-20(16-33)32-19-8-10-24-23(15-19)34(17-21(40-24)9-11-25(35)39-4)42(37,38)22-7-5-6-18(14-22)28(29,30)31/h5-8,10,14-15,20-21,32H,9,11-13,16-17H2,1-4H3/t20?,21-/m0/s1. The van der Waals surface area contributed by atoms with E-state index in [0.717, 1.165) is 22.5 Å². The van der Waals surface area contributed by atoms with Crippen LogP contribution in [-0.2, 0) is 30.5 Å². The number of rotatable bonds is 7. The summed E-state index contributed by atoms with van der Waals surface area (Å²) in [5, 5.41) is 3.30. The lowest BCUT2D eigenvalue weighted by Crippen LogP contribution is -2.43. The highest BCUT2D eigenvalue weighted by Crippen LogP contribution is 2.41. The number of esters is 1. The summed E-state index contributed by atoms with van der Waals surface area (Å²) in [6, 6.07) is 8.20. The Balaban J connectivity index is 1.61. The van der Waals surface area contributed by atoms with Crippen molar-refractivity contribution >= 4 is 33.5 Å². The van der Waals surface area contributed by atoms with Gasteiger partial charge in [0.2, 0.25) is 0 Å². The van der Waals surface area contributed by atoms with E-state index in [-0.39, 0.29) is 36.9 Å². The number of fused-ring (bicyclic) bond motifs is 1. The molecule has 0 bridgehead atoms. The van der Waals surface area contributed by atoms with Gasteiger partial charge in [0.25, 0.3) is 10.0 Å². The first-order valence-corrected chi connectivity index (χ1v) is 14.8. The van der Waals surface area contributed by atoms with Crippen LogP contribution in [0.2, 0.25) is 0 Å². The van der Waals surface area contributed by atoms with E-state index in [1.54, 1.807) is 43.9 Å². The number of carbonyl (C=O) groups is 2. The van der Waals surface area contributed by atoms with Gasteiger partial charge in [-0.2, -0.15) is 13.2 Å². The zero-order valence-corrected chi connectivity index (χ0v) is 24.5. The van der Waals surface area contributed by atoms with Gasteiger partial charge in [-0.25, -0.2) is 13.2 Å². The molecular formula is C28H34F3N3O7S. The van der Waals surface area contributed by atoms with Crippen molar-refractivity contribution in [3.05, 3.63) is 48.0 Å². The molecule has 2 aliphatic heterocycles. The number of nitrogens with one attached hydrogen (secondary N) is 1. The second-order valence-corrected chi connectivity index (χ2v) is 13.0. The molecule has 2 aromatic carbocycles. The molecule has 1 saturated heterocycles. The summed E-state index contributed by atoms with van der Waals surface area (Å²) in [5.74, 6) is -0.313. The Morgan fingerprint density at radius 1 is 1.10 bits per heavy atom. The number of nitrogens with zero attached hydrogens (tertiary/aromatic N) is 2. The Hall–Kier alpha value is -3.68. The zero-order valence-electron chi connectivity index (χ0n) is 23.7. The van der Waals surface area contributed by atoms with Gasteiger partial charge in [0.15, 0.2) is 0 Å². The molecule has 1 amide bonds. The van der Waals surface area contributed by atoms with Gasteiger partial charge in [-0.05, 0) is 70.0 Å². The van der Waals surface area contributed by atoms with Crippen molar-refractivity contribution < 1.29 is 45.4 Å². The third-order valence-electron chi connectivity index (χ3n) is 6.75. The molecule has 2 aromatic rings. The molecule has 1 unspecified atom stereocenters. The van der Waals surface area contributed by atoms with Crippen molar-refractivity contribution in [2.24, 2.45) is 0 Å². The molecule has 0 aliphatic carbocycles. The van der Waals surface area contributed by atoms with Crippen molar-refractivity contribution in [2.45, 2.75) is 68.9 Å². The molecule has 14 heteroatoms. The summed E-state index contributed by atoms with van der Waals surface area (Å²) < 4.78 is 84.9. The van der Waals surface area contributed by atoms with Crippen LogP contribution in [0.25, 0.3) is 0 Å². The zero-order chi connectivity index (χ0) is 30.9. The van der Waals surface area contributed by atoms with Gasteiger partial charge in [0.1, 0.15) is 17.5 Å². The summed E-state index contributed by atoms with van der Waals surface area (Å²) in [5.41, 5.74) is -1.06. The van der Waals surface area contributed by atoms with E-state index in [9.17, 15) is 31.2 Å². The number of alkyl halides is 3. The lowest BCUT2D eigenvalue weighted by atomic mass is 10.1. The van der Waals surface area contributed by atoms with Crippen LogP contribution in [0.1, 0.15) is 45.6 Å². The van der Waals surface area contributed by atoms with Gasteiger partial charge >= 0.3 is 18.2 Å². The fraction of sp³-hybridized carbons (Fsp3) is 0.500. The second-order valence-electron chi connectivity index (χ2n) is 11.2. The van der Waals surface area contributed by atoms with E-state index in [1.165, 1.54) is 7.11 Å². The number of amides is 1. The number of halogens is 3. The third-order valence-corrected chi connectivity index (χ3v) is 8.52. The highest BCUT2D eigenvalue weighted by molar-refractivity contribution is 7.92. The van der Waals surface area contributed by atoms with Crippen LogP contribution < -0.4 is 14.4 Å². The molecule has 0 saturated carbocycles. The minimum absolute atomic E-state index is 0.0383. The second kappa shape index (κ2) is 11.9. The van der Waals surface area contributed by atoms with Crippen LogP contribution in [0.5, 0.6) is 5.75 Å². The number of carbonyl (C=O) groups excluding carboxylic acids is 2. The molecule has 2 atom stereocenters. The molecule has 230 valence electrons. The van der Waals surface area contributed by atoms with Crippen molar-refractivity contribution in [1.29, 1.82) is 0 Å². The highest BCUT2D eigenvalue weighted by Gasteiger charge is 2.38. The number of hydrogen-bond acceptors (Lipinski definition) is 8. The summed E-state index contributed by atoms with van der Waals surface area (Å²) in [7, 11) is -3.25. The molecule has 4 rings (SSSR count). The number of likely N-dealkylation sites (tertiary alicyclic amines) is 1. The van der Waals surface area contributed by atoms with Crippen LogP contribution in [0.3, 0.4) is 0 Å². The smallest absolute Gasteiger partial charge is 0.416 e. The number of sulfonamides is 1. The summed E-state index contributed by atoms with van der Waals surface area (Å²) in [6.07, 6.45) is -5.21. The van der Waals surface area contributed by atoms with Crippen LogP contribution in [-0.4, -0.2) is 69.9 Å². The first kappa shape index (κ1) is 31.3. The molecule has 2 aliphatic rings. The quantitative estimate of drug-likeness (QED) is 0.433. The molecule has 2 heterocycles. The topological polar surface area (TPSA) is 114 Å². The van der Waals surface area contributed by atoms with E-state index < -0.39 is 50.4 Å². The van der Waals surface area contributed by atoms with E-state index in [4.69, 9.17) is 9.47 Å². The van der Waals surface area contributed by atoms with E-state index in [1.807, 2.05) is 0 Å². The van der Waals surface area contributed by atoms with E-state index in [2.05, 4.69) is 10.1 Å². The van der Waals surface area contributed by atoms with Crippen LogP contribution in [0.15, 0.2) is 47.4 Å². The molecule has 0 aromatic heterocycles. The Bertz CT molecular complexity index is 1430. The summed E-state index contributed by atoms with van der Waals surface area (Å²) >= 11 is 0. The molecular weight excluding hydrogens is 579 g/mol. The molecule has 0 radical (unpaired) electrons. The van der Waals surface area contributed by atoms with Gasteiger partial charge < -0.3 is 24.4 Å². The molecule has 0 spiro atoms. The van der Waals surface area contributed by atoms with Crippen molar-refractivity contribution in [3.63, 3.8) is 0 Å². The number of ether oxygens (including phenoxy) is 3. The third kappa shape index (κ3) is 7.39. The molecule has 10 nitrogen and oxygen atoms in total. The molecule has 42 heavy (non-hydrogen) atoms. The maximum Gasteiger partial charge on any atom is 0.416 e. The van der Waals surface area contributed by atoms with Crippen molar-refractivity contribution in [1.82, 2.24) is 4.90 Å². The predicted octanol–water partition coefficient (Wildman–Crippen LogP) is 5.04. The van der Waals surface area contributed by atoms with Gasteiger partial charge in [-0.3, -0.25) is 9.10 Å². The minimum atomic E-state index is -4.73. The van der Waals surface area contributed by atoms with Crippen LogP contribution in [0.4, 0.5) is 29.3 Å². The van der Waals surface area contributed by atoms with Crippen molar-refractivity contribution in [2.75, 3.05) is 36.4 Å². The van der Waals surface area contributed by atoms with Gasteiger partial charge in [-0.1, -0.05) is 6.07 Å². The summed E-state index contributed by atoms with van der Waals surface area (Å²) in [6.45, 7) is 5.95. The number of hydrogen-bond donors (Lipinski definition) is 1. The highest BCUT2D eigenvalue weighted by atomic mass is 32.2. The number of methoxy groups -OCH3 is 1. The molecule has 1 fully saturated rings. The normalized spacial score (nSPS) is 19.1. The summed E-state index contributed by atoms with van der Waals surface area (Å²) in [4.78, 5) is 25.2. The number of anilines is 2. The van der Waals surface area contributed by atoms with Crippen molar-refractivity contribution in [3.8, 4) is 5.75 Å². The van der Waals surface area contributed by atoms with Gasteiger partial charge in [-0.15, -0.1) is 0 Å². The van der Waals surface area contributed by atoms with Crippen LogP contribution in [0, 0.1) is 0 Å².